The molecule has 1 amide bonds. The summed E-state index contributed by atoms with van der Waals surface area (Å²) in [5.74, 6) is -0.00194. The summed E-state index contributed by atoms with van der Waals surface area (Å²) in [4.78, 5) is 26.0. The van der Waals surface area contributed by atoms with Gasteiger partial charge in [0.05, 0.1) is 0 Å². The summed E-state index contributed by atoms with van der Waals surface area (Å²) in [5.41, 5.74) is 0.314. The van der Waals surface area contributed by atoms with Crippen LogP contribution in [0.5, 0.6) is 0 Å². The maximum absolute atomic E-state index is 12.5. The molecule has 3 aromatic heterocycles. The largest absolute Gasteiger partial charge is 0.285 e. The number of nitrogens with one attached hydrogen (secondary N) is 1. The molecule has 8 heteroatoms. The third kappa shape index (κ3) is 2.20. The van der Waals surface area contributed by atoms with E-state index < -0.39 is 0 Å². The maximum Gasteiger partial charge on any atom is 0.285 e. The summed E-state index contributed by atoms with van der Waals surface area (Å²) in [7, 11) is 0. The first-order valence-electron chi connectivity index (χ1n) is 5.36. The predicted octanol–water partition coefficient (Wildman–Crippen LogP) is 1.63. The van der Waals surface area contributed by atoms with Gasteiger partial charge in [-0.15, -0.1) is 11.3 Å². The van der Waals surface area contributed by atoms with Gasteiger partial charge in [0.15, 0.2) is 5.13 Å². The molecule has 0 unspecified atom stereocenters. The highest BCUT2D eigenvalue weighted by atomic mass is 32.1. The Labute approximate surface area is 112 Å². The second-order valence-corrected chi connectivity index (χ2v) is 4.35. The second kappa shape index (κ2) is 4.94. The van der Waals surface area contributed by atoms with Crippen LogP contribution in [0.2, 0.25) is 0 Å². The smallest absolute Gasteiger partial charge is 0.266 e. The minimum absolute atomic E-state index is 0.311. The summed E-state index contributed by atoms with van der Waals surface area (Å²) in [5, 5.41) is 8.70. The van der Waals surface area contributed by atoms with Gasteiger partial charge in [-0.1, -0.05) is 6.07 Å². The summed E-state index contributed by atoms with van der Waals surface area (Å²) in [6.45, 7) is 0. The minimum atomic E-state index is -0.313. The van der Waals surface area contributed by atoms with Crippen molar-refractivity contribution in [2.75, 3.05) is 4.90 Å². The molecular formula is C11H8N6OS. The Morgan fingerprint density at radius 3 is 2.79 bits per heavy atom. The zero-order valence-corrected chi connectivity index (χ0v) is 10.4. The number of H-pyrrole nitrogens is 1. The summed E-state index contributed by atoms with van der Waals surface area (Å²) >= 11 is 1.33. The van der Waals surface area contributed by atoms with Crippen molar-refractivity contribution in [2.24, 2.45) is 0 Å². The fraction of sp³-hybridized carbons (Fsp3) is 0. The maximum atomic E-state index is 12.5. The number of hydrogen-bond donors (Lipinski definition) is 1. The van der Waals surface area contributed by atoms with Crippen molar-refractivity contribution in [2.45, 2.75) is 0 Å². The van der Waals surface area contributed by atoms with Gasteiger partial charge in [-0.3, -0.25) is 9.78 Å². The summed E-state index contributed by atoms with van der Waals surface area (Å²) in [6.07, 6.45) is 4.52. The Morgan fingerprint density at radius 1 is 1.21 bits per heavy atom. The molecule has 94 valence electrons. The quantitative estimate of drug-likeness (QED) is 0.783. The molecule has 0 aromatic carbocycles. The molecule has 19 heavy (non-hydrogen) atoms. The predicted molar refractivity (Wildman–Crippen MR) is 69.2 cm³/mol. The van der Waals surface area contributed by atoms with Gasteiger partial charge >= 0.3 is 0 Å². The van der Waals surface area contributed by atoms with Crippen molar-refractivity contribution >= 4 is 28.3 Å². The minimum Gasteiger partial charge on any atom is -0.266 e. The Balaban J connectivity index is 2.03. The van der Waals surface area contributed by atoms with Crippen LogP contribution in [0, 0.1) is 0 Å². The van der Waals surface area contributed by atoms with E-state index in [0.29, 0.717) is 16.8 Å². The van der Waals surface area contributed by atoms with Crippen molar-refractivity contribution < 1.29 is 4.79 Å². The first-order chi connectivity index (χ1) is 9.36. The van der Waals surface area contributed by atoms with Crippen molar-refractivity contribution in [1.82, 2.24) is 25.1 Å². The third-order valence-corrected chi connectivity index (χ3v) is 3.07. The van der Waals surface area contributed by atoms with Gasteiger partial charge in [-0.05, 0) is 12.1 Å². The zero-order chi connectivity index (χ0) is 13.1. The van der Waals surface area contributed by atoms with Crippen LogP contribution < -0.4 is 4.90 Å². The molecule has 0 bridgehead atoms. The number of aromatic amines is 1. The molecule has 7 nitrogen and oxygen atoms in total. The highest BCUT2D eigenvalue weighted by Crippen LogP contribution is 2.25. The van der Waals surface area contributed by atoms with Crippen LogP contribution in [0.25, 0.3) is 0 Å². The fourth-order valence-corrected chi connectivity index (χ4v) is 2.15. The Kier molecular flexibility index (Phi) is 2.99. The van der Waals surface area contributed by atoms with Gasteiger partial charge in [-0.2, -0.15) is 10.1 Å². The van der Waals surface area contributed by atoms with Crippen LogP contribution in [-0.4, -0.2) is 31.1 Å². The highest BCUT2D eigenvalue weighted by Gasteiger charge is 2.24. The number of carbonyl (C=O) groups is 1. The first kappa shape index (κ1) is 11.5. The van der Waals surface area contributed by atoms with E-state index in [1.807, 2.05) is 0 Å². The first-order valence-corrected chi connectivity index (χ1v) is 6.24. The molecule has 3 aromatic rings. The van der Waals surface area contributed by atoms with Gasteiger partial charge in [0.1, 0.15) is 12.0 Å². The molecule has 0 radical (unpaired) electrons. The fourth-order valence-electron chi connectivity index (χ4n) is 1.51. The molecule has 0 saturated heterocycles. The normalized spacial score (nSPS) is 10.3. The average Bonchev–Trinajstić information content (AvgIpc) is 3.13. The summed E-state index contributed by atoms with van der Waals surface area (Å²) < 4.78 is 0. The van der Waals surface area contributed by atoms with Crippen molar-refractivity contribution in [3.05, 3.63) is 48.0 Å². The average molecular weight is 272 g/mol. The lowest BCUT2D eigenvalue weighted by Gasteiger charge is -2.15. The SMILES string of the molecule is O=C(c1ccccn1)N(c1ncn[nH]1)c1nccs1. The molecule has 3 heterocycles. The molecular weight excluding hydrogens is 264 g/mol. The van der Waals surface area contributed by atoms with E-state index >= 15 is 0 Å². The van der Waals surface area contributed by atoms with Crippen LogP contribution in [0.4, 0.5) is 11.1 Å². The molecule has 0 fully saturated rings. The molecule has 0 atom stereocenters. The van der Waals surface area contributed by atoms with E-state index in [9.17, 15) is 4.79 Å². The van der Waals surface area contributed by atoms with E-state index in [1.165, 1.54) is 22.6 Å². The van der Waals surface area contributed by atoms with E-state index in [-0.39, 0.29) is 5.91 Å². The van der Waals surface area contributed by atoms with Gasteiger partial charge in [0.2, 0.25) is 5.95 Å². The lowest BCUT2D eigenvalue weighted by Crippen LogP contribution is -2.27. The van der Waals surface area contributed by atoms with Crippen LogP contribution in [0.15, 0.2) is 42.3 Å². The molecule has 0 aliphatic rings. The topological polar surface area (TPSA) is 87.7 Å². The van der Waals surface area contributed by atoms with Gasteiger partial charge in [0, 0.05) is 17.8 Å². The number of pyridine rings is 1. The second-order valence-electron chi connectivity index (χ2n) is 3.48. The summed E-state index contributed by atoms with van der Waals surface area (Å²) in [6, 6.07) is 5.14. The van der Waals surface area contributed by atoms with E-state index in [4.69, 9.17) is 0 Å². The molecule has 0 aliphatic heterocycles. The monoisotopic (exact) mass is 272 g/mol. The molecule has 0 aliphatic carbocycles. The number of anilines is 2. The number of hydrogen-bond acceptors (Lipinski definition) is 6. The van der Waals surface area contributed by atoms with E-state index in [2.05, 4.69) is 25.1 Å². The number of carbonyl (C=O) groups excluding carboxylic acids is 1. The Bertz CT molecular complexity index is 618. The van der Waals surface area contributed by atoms with Gasteiger partial charge in [0.25, 0.3) is 5.91 Å². The third-order valence-electron chi connectivity index (χ3n) is 2.31. The number of nitrogens with zero attached hydrogens (tertiary/aromatic N) is 5. The number of rotatable bonds is 3. The van der Waals surface area contributed by atoms with Crippen molar-refractivity contribution in [1.29, 1.82) is 0 Å². The van der Waals surface area contributed by atoms with E-state index in [0.717, 1.165) is 0 Å². The van der Waals surface area contributed by atoms with Crippen molar-refractivity contribution in [3.8, 4) is 0 Å². The Morgan fingerprint density at radius 2 is 2.16 bits per heavy atom. The molecule has 3 rings (SSSR count). The number of thiazole rings is 1. The Hall–Kier alpha value is -2.61. The number of amides is 1. The lowest BCUT2D eigenvalue weighted by molar-refractivity contribution is 0.0993. The highest BCUT2D eigenvalue weighted by molar-refractivity contribution is 7.13. The van der Waals surface area contributed by atoms with Gasteiger partial charge < -0.3 is 0 Å². The van der Waals surface area contributed by atoms with Crippen LogP contribution in [0.1, 0.15) is 10.5 Å². The van der Waals surface area contributed by atoms with Crippen LogP contribution >= 0.6 is 11.3 Å². The van der Waals surface area contributed by atoms with Crippen molar-refractivity contribution in [3.63, 3.8) is 0 Å². The molecule has 0 spiro atoms. The van der Waals surface area contributed by atoms with Crippen LogP contribution in [0.3, 0.4) is 0 Å². The molecule has 1 N–H and O–H groups in total. The molecule has 0 saturated carbocycles. The standard InChI is InChI=1S/C11H8N6OS/c18-9(8-3-1-2-4-12-8)17(10-14-7-15-16-10)11-13-5-6-19-11/h1-7H,(H,14,15,16). The lowest BCUT2D eigenvalue weighted by atomic mass is 10.3. The number of aromatic nitrogens is 5. The van der Waals surface area contributed by atoms with E-state index in [1.54, 1.807) is 36.0 Å². The van der Waals surface area contributed by atoms with Gasteiger partial charge in [-0.25, -0.2) is 15.0 Å². The zero-order valence-electron chi connectivity index (χ0n) is 9.59. The van der Waals surface area contributed by atoms with Crippen LogP contribution in [-0.2, 0) is 0 Å².